The van der Waals surface area contributed by atoms with Gasteiger partial charge in [-0.25, -0.2) is 4.79 Å². The lowest BCUT2D eigenvalue weighted by atomic mass is 9.83. The second-order valence-corrected chi connectivity index (χ2v) is 8.45. The second kappa shape index (κ2) is 7.69. The number of methoxy groups -OCH3 is 1. The van der Waals surface area contributed by atoms with Crippen molar-refractivity contribution in [2.75, 3.05) is 19.1 Å². The SMILES string of the molecule is COC(=O)c1ccc2c(c1)C(C)(C)/C(=C\C=C1/C(=O)N(C3=CCCC=C3)N=C1C)N2C. The van der Waals surface area contributed by atoms with Crippen molar-refractivity contribution in [1.82, 2.24) is 5.01 Å². The van der Waals surface area contributed by atoms with E-state index in [0.29, 0.717) is 16.8 Å². The number of anilines is 1. The van der Waals surface area contributed by atoms with Gasteiger partial charge in [0.1, 0.15) is 0 Å². The molecule has 6 heteroatoms. The van der Waals surface area contributed by atoms with Crippen LogP contribution < -0.4 is 4.90 Å². The Balaban J connectivity index is 1.67. The molecule has 0 saturated carbocycles. The van der Waals surface area contributed by atoms with Crippen LogP contribution in [-0.4, -0.2) is 36.8 Å². The molecular formula is C25H27N3O3. The third kappa shape index (κ3) is 3.42. The molecule has 1 aliphatic carbocycles. The summed E-state index contributed by atoms with van der Waals surface area (Å²) in [5, 5.41) is 5.96. The fraction of sp³-hybridized carbons (Fsp3) is 0.320. The zero-order valence-electron chi connectivity index (χ0n) is 18.6. The Morgan fingerprint density at radius 2 is 2.00 bits per heavy atom. The molecule has 31 heavy (non-hydrogen) atoms. The number of carbonyl (C=O) groups is 2. The van der Waals surface area contributed by atoms with Gasteiger partial charge < -0.3 is 9.64 Å². The van der Waals surface area contributed by atoms with Crippen LogP contribution in [0.2, 0.25) is 0 Å². The van der Waals surface area contributed by atoms with Crippen LogP contribution in [-0.2, 0) is 14.9 Å². The van der Waals surface area contributed by atoms with Crippen LogP contribution in [0.3, 0.4) is 0 Å². The van der Waals surface area contributed by atoms with Crippen LogP contribution in [0.25, 0.3) is 0 Å². The molecule has 160 valence electrons. The normalized spacial score (nSPS) is 22.2. The molecule has 3 aliphatic rings. The average Bonchev–Trinajstić information content (AvgIpc) is 3.16. The van der Waals surface area contributed by atoms with Gasteiger partial charge in [0.2, 0.25) is 0 Å². The lowest BCUT2D eigenvalue weighted by molar-refractivity contribution is -0.123. The molecule has 1 amide bonds. The monoisotopic (exact) mass is 417 g/mol. The smallest absolute Gasteiger partial charge is 0.337 e. The van der Waals surface area contributed by atoms with Gasteiger partial charge in [-0.2, -0.15) is 10.1 Å². The molecule has 6 nitrogen and oxygen atoms in total. The lowest BCUT2D eigenvalue weighted by Crippen LogP contribution is -2.23. The minimum Gasteiger partial charge on any atom is -0.465 e. The van der Waals surface area contributed by atoms with E-state index in [2.05, 4.69) is 29.9 Å². The van der Waals surface area contributed by atoms with E-state index in [9.17, 15) is 9.59 Å². The highest BCUT2D eigenvalue weighted by molar-refractivity contribution is 6.24. The number of carbonyl (C=O) groups excluding carboxylic acids is 2. The number of allylic oxidation sites excluding steroid dienone is 6. The summed E-state index contributed by atoms with van der Waals surface area (Å²) in [6.45, 7) is 6.08. The van der Waals surface area contributed by atoms with Gasteiger partial charge in [0.15, 0.2) is 0 Å². The van der Waals surface area contributed by atoms with Crippen LogP contribution in [0.15, 0.2) is 70.6 Å². The summed E-state index contributed by atoms with van der Waals surface area (Å²) in [6.07, 6.45) is 11.8. The van der Waals surface area contributed by atoms with Gasteiger partial charge in [-0.05, 0) is 61.8 Å². The molecule has 0 aromatic heterocycles. The van der Waals surface area contributed by atoms with Crippen molar-refractivity contribution < 1.29 is 14.3 Å². The van der Waals surface area contributed by atoms with Gasteiger partial charge in [0.05, 0.1) is 29.7 Å². The number of fused-ring (bicyclic) bond motifs is 1. The quantitative estimate of drug-likeness (QED) is 0.538. The van der Waals surface area contributed by atoms with E-state index in [4.69, 9.17) is 4.74 Å². The highest BCUT2D eigenvalue weighted by Crippen LogP contribution is 2.47. The molecule has 2 aliphatic heterocycles. The van der Waals surface area contributed by atoms with E-state index >= 15 is 0 Å². The number of hydrazone groups is 1. The van der Waals surface area contributed by atoms with Crippen LogP contribution >= 0.6 is 0 Å². The Hall–Kier alpha value is -3.41. The van der Waals surface area contributed by atoms with Gasteiger partial charge in [-0.15, -0.1) is 0 Å². The van der Waals surface area contributed by atoms with Crippen LogP contribution in [0.5, 0.6) is 0 Å². The van der Waals surface area contributed by atoms with E-state index in [1.54, 1.807) is 6.07 Å². The Morgan fingerprint density at radius 1 is 1.23 bits per heavy atom. The molecule has 0 fully saturated rings. The van der Waals surface area contributed by atoms with E-state index in [1.165, 1.54) is 12.1 Å². The Morgan fingerprint density at radius 3 is 2.68 bits per heavy atom. The van der Waals surface area contributed by atoms with E-state index in [-0.39, 0.29) is 17.3 Å². The Kier molecular flexibility index (Phi) is 5.17. The first kappa shape index (κ1) is 20.8. The van der Waals surface area contributed by atoms with E-state index in [0.717, 1.165) is 35.5 Å². The molecule has 4 rings (SSSR count). The molecule has 0 radical (unpaired) electrons. The lowest BCUT2D eigenvalue weighted by Gasteiger charge is -2.24. The number of ether oxygens (including phenoxy) is 1. The molecule has 0 atom stereocenters. The summed E-state index contributed by atoms with van der Waals surface area (Å²) in [7, 11) is 3.38. The van der Waals surface area contributed by atoms with Gasteiger partial charge in [-0.3, -0.25) is 4.79 Å². The third-order valence-corrected chi connectivity index (χ3v) is 6.14. The van der Waals surface area contributed by atoms with Crippen molar-refractivity contribution in [3.63, 3.8) is 0 Å². The summed E-state index contributed by atoms with van der Waals surface area (Å²) >= 11 is 0. The number of likely N-dealkylation sites (N-methyl/N-ethyl adjacent to an activating group) is 1. The van der Waals surface area contributed by atoms with Crippen LogP contribution in [0, 0.1) is 0 Å². The first-order valence-corrected chi connectivity index (χ1v) is 10.4. The molecule has 0 saturated heterocycles. The average molecular weight is 418 g/mol. The Labute approximate surface area is 182 Å². The molecule has 1 aromatic carbocycles. The molecule has 0 spiro atoms. The molecule has 0 unspecified atom stereocenters. The first-order chi connectivity index (χ1) is 14.8. The maximum atomic E-state index is 13.0. The van der Waals surface area contributed by atoms with Crippen LogP contribution in [0.4, 0.5) is 5.69 Å². The first-order valence-electron chi connectivity index (χ1n) is 10.4. The molecule has 0 bridgehead atoms. The zero-order valence-corrected chi connectivity index (χ0v) is 18.6. The van der Waals surface area contributed by atoms with Crippen molar-refractivity contribution in [2.24, 2.45) is 5.10 Å². The minimum absolute atomic E-state index is 0.115. The standard InChI is InChI=1S/C25H27N3O3/c1-16-19(23(29)28(26-16)18-9-7-6-8-10-18)12-14-22-25(2,3)20-15-17(24(30)31-5)11-13-21(20)27(22)4/h7,9-15H,6,8H2,1-5H3/b19-12-,22-14+. The Bertz CT molecular complexity index is 1120. The van der Waals surface area contributed by atoms with Gasteiger partial charge in [0.25, 0.3) is 5.91 Å². The summed E-state index contributed by atoms with van der Waals surface area (Å²) in [6, 6.07) is 5.61. The number of hydrogen-bond donors (Lipinski definition) is 0. The zero-order chi connectivity index (χ0) is 22.3. The fourth-order valence-electron chi connectivity index (χ4n) is 4.38. The summed E-state index contributed by atoms with van der Waals surface area (Å²) < 4.78 is 4.88. The number of amides is 1. The van der Waals surface area contributed by atoms with E-state index in [1.807, 2.05) is 50.4 Å². The highest BCUT2D eigenvalue weighted by Gasteiger charge is 2.39. The predicted molar refractivity (Wildman–Crippen MR) is 122 cm³/mol. The fourth-order valence-corrected chi connectivity index (χ4v) is 4.38. The largest absolute Gasteiger partial charge is 0.465 e. The molecule has 1 aromatic rings. The molecule has 0 N–H and O–H groups in total. The second-order valence-electron chi connectivity index (χ2n) is 8.45. The van der Waals surface area contributed by atoms with Crippen molar-refractivity contribution in [3.05, 3.63) is 76.7 Å². The van der Waals surface area contributed by atoms with Crippen molar-refractivity contribution in [1.29, 1.82) is 0 Å². The number of nitrogens with zero attached hydrogens (tertiary/aromatic N) is 3. The van der Waals surface area contributed by atoms with Crippen molar-refractivity contribution in [3.8, 4) is 0 Å². The number of rotatable bonds is 3. The summed E-state index contributed by atoms with van der Waals surface area (Å²) in [5.74, 6) is -0.466. The van der Waals surface area contributed by atoms with Gasteiger partial charge in [0, 0.05) is 23.8 Å². The maximum absolute atomic E-state index is 13.0. The van der Waals surface area contributed by atoms with Gasteiger partial charge in [-0.1, -0.05) is 26.0 Å². The van der Waals surface area contributed by atoms with E-state index < -0.39 is 0 Å². The topological polar surface area (TPSA) is 62.2 Å². The minimum atomic E-state index is -0.352. The van der Waals surface area contributed by atoms with Crippen molar-refractivity contribution in [2.45, 2.75) is 39.0 Å². The molecule has 2 heterocycles. The molecular weight excluding hydrogens is 390 g/mol. The number of hydrogen-bond acceptors (Lipinski definition) is 5. The number of benzene rings is 1. The maximum Gasteiger partial charge on any atom is 0.337 e. The predicted octanol–water partition coefficient (Wildman–Crippen LogP) is 4.46. The third-order valence-electron chi connectivity index (χ3n) is 6.14. The van der Waals surface area contributed by atoms with Crippen molar-refractivity contribution >= 4 is 23.3 Å². The highest BCUT2D eigenvalue weighted by atomic mass is 16.5. The van der Waals surface area contributed by atoms with Gasteiger partial charge >= 0.3 is 5.97 Å². The number of esters is 1. The summed E-state index contributed by atoms with van der Waals surface area (Å²) in [5.41, 5.74) is 5.41. The summed E-state index contributed by atoms with van der Waals surface area (Å²) in [4.78, 5) is 27.1. The van der Waals surface area contributed by atoms with Crippen LogP contribution in [0.1, 0.15) is 49.5 Å².